The van der Waals surface area contributed by atoms with Crippen LogP contribution < -0.4 is 5.43 Å². The van der Waals surface area contributed by atoms with E-state index in [1.54, 1.807) is 13.1 Å². The van der Waals surface area contributed by atoms with Crippen molar-refractivity contribution in [3.8, 4) is 0 Å². The first kappa shape index (κ1) is 20.0. The van der Waals surface area contributed by atoms with Crippen molar-refractivity contribution in [1.29, 1.82) is 0 Å². The Morgan fingerprint density at radius 1 is 1.35 bits per heavy atom. The van der Waals surface area contributed by atoms with Crippen molar-refractivity contribution in [1.82, 2.24) is 4.68 Å². The molecule has 0 radical (unpaired) electrons. The molecular weight excluding hydrogens is 349 g/mol. The molecule has 0 aliphatic carbocycles. The molecule has 0 spiro atoms. The van der Waals surface area contributed by atoms with Crippen LogP contribution in [0.4, 0.5) is 4.39 Å². The van der Waals surface area contributed by atoms with E-state index in [-0.39, 0.29) is 5.82 Å². The predicted molar refractivity (Wildman–Crippen MR) is 110 cm³/mol. The molecule has 0 fully saturated rings. The van der Waals surface area contributed by atoms with E-state index in [2.05, 4.69) is 36.4 Å². The summed E-state index contributed by atoms with van der Waals surface area (Å²) in [4.78, 5) is 4.14. The maximum atomic E-state index is 13.5. The summed E-state index contributed by atoms with van der Waals surface area (Å²) < 4.78 is 15.4. The topological polar surface area (TPSA) is 29.3 Å². The van der Waals surface area contributed by atoms with Crippen LogP contribution in [-0.2, 0) is 6.54 Å². The zero-order valence-electron chi connectivity index (χ0n) is 15.7. The molecule has 0 saturated carbocycles. The van der Waals surface area contributed by atoms with E-state index < -0.39 is 0 Å². The van der Waals surface area contributed by atoms with Gasteiger partial charge < -0.3 is 5.43 Å². The van der Waals surface area contributed by atoms with Crippen LogP contribution in [0.25, 0.3) is 6.08 Å². The smallest absolute Gasteiger partial charge is 0.123 e. The molecule has 1 N–H and O–H groups in total. The second kappa shape index (κ2) is 9.39. The number of rotatable bonds is 7. The molecule has 5 heteroatoms. The van der Waals surface area contributed by atoms with Gasteiger partial charge in [0.15, 0.2) is 0 Å². The first-order valence-corrected chi connectivity index (χ1v) is 9.03. The minimum absolute atomic E-state index is 0.292. The molecule has 1 aromatic heterocycles. The Labute approximate surface area is 159 Å². The number of allylic oxidation sites excluding steroid dienone is 3. The number of nitrogens with zero attached hydrogens (tertiary/aromatic N) is 2. The second-order valence-electron chi connectivity index (χ2n) is 5.98. The summed E-state index contributed by atoms with van der Waals surface area (Å²) in [6.45, 7) is 6.63. The molecule has 0 aliphatic rings. The molecule has 1 aromatic carbocycles. The fourth-order valence-electron chi connectivity index (χ4n) is 2.75. The van der Waals surface area contributed by atoms with Crippen LogP contribution in [0.2, 0.25) is 5.02 Å². The van der Waals surface area contributed by atoms with Crippen LogP contribution in [0.3, 0.4) is 0 Å². The molecule has 1 heterocycles. The zero-order valence-corrected chi connectivity index (χ0v) is 16.4. The fourth-order valence-corrected chi connectivity index (χ4v) is 2.93. The van der Waals surface area contributed by atoms with Crippen LogP contribution in [0, 0.1) is 12.7 Å². The van der Waals surface area contributed by atoms with Gasteiger partial charge in [-0.25, -0.2) is 4.39 Å². The van der Waals surface area contributed by atoms with Crippen molar-refractivity contribution in [3.05, 3.63) is 75.3 Å². The largest absolute Gasteiger partial charge is 0.321 e. The third-order valence-corrected chi connectivity index (χ3v) is 4.60. The number of nitrogens with one attached hydrogen (secondary N) is 1. The summed E-state index contributed by atoms with van der Waals surface area (Å²) in [5.74, 6) is -0.292. The Bertz CT molecular complexity index is 847. The summed E-state index contributed by atoms with van der Waals surface area (Å²) in [5.41, 5.74) is 8.54. The highest BCUT2D eigenvalue weighted by Gasteiger charge is 2.08. The minimum Gasteiger partial charge on any atom is -0.321 e. The summed E-state index contributed by atoms with van der Waals surface area (Å²) in [5, 5.41) is 0.546. The van der Waals surface area contributed by atoms with Crippen LogP contribution in [-0.4, -0.2) is 17.9 Å². The van der Waals surface area contributed by atoms with Crippen LogP contribution >= 0.6 is 11.6 Å². The SMILES string of the molecule is C/C=C(C=NC)/C(=C/c1c(C)ccn1NCc1cc(F)ccc1Cl)CC. The van der Waals surface area contributed by atoms with Gasteiger partial charge in [-0.3, -0.25) is 9.67 Å². The maximum absolute atomic E-state index is 13.5. The quantitative estimate of drug-likeness (QED) is 0.484. The lowest BCUT2D eigenvalue weighted by molar-refractivity contribution is 0.625. The van der Waals surface area contributed by atoms with E-state index in [0.29, 0.717) is 11.6 Å². The predicted octanol–water partition coefficient (Wildman–Crippen LogP) is 5.77. The van der Waals surface area contributed by atoms with Gasteiger partial charge in [-0.05, 0) is 72.9 Å². The van der Waals surface area contributed by atoms with Gasteiger partial charge in [-0.15, -0.1) is 0 Å². The third-order valence-electron chi connectivity index (χ3n) is 4.23. The molecule has 0 amide bonds. The van der Waals surface area contributed by atoms with Gasteiger partial charge in [-0.2, -0.15) is 0 Å². The van der Waals surface area contributed by atoms with Gasteiger partial charge in [0, 0.05) is 24.5 Å². The number of aliphatic imine (C=N–C) groups is 1. The Morgan fingerprint density at radius 3 is 2.77 bits per heavy atom. The van der Waals surface area contributed by atoms with E-state index in [1.165, 1.54) is 17.7 Å². The van der Waals surface area contributed by atoms with E-state index >= 15 is 0 Å². The highest BCUT2D eigenvalue weighted by molar-refractivity contribution is 6.31. The standard InChI is InChI=1S/C21H25ClFN3/c1-5-16(17(6-2)13-24-4)12-21-15(3)9-10-26(21)25-14-18-11-19(23)7-8-20(18)22/h6-13,25H,5,14H2,1-4H3/b16-12+,17-6+,24-13?. The fraction of sp³-hybridized carbons (Fsp3) is 0.286. The maximum Gasteiger partial charge on any atom is 0.123 e. The third kappa shape index (κ3) is 4.85. The van der Waals surface area contributed by atoms with Gasteiger partial charge in [0.1, 0.15) is 5.82 Å². The van der Waals surface area contributed by atoms with E-state index in [9.17, 15) is 4.39 Å². The van der Waals surface area contributed by atoms with E-state index in [4.69, 9.17) is 11.6 Å². The lowest BCUT2D eigenvalue weighted by Gasteiger charge is -2.14. The summed E-state index contributed by atoms with van der Waals surface area (Å²) >= 11 is 6.16. The molecule has 0 bridgehead atoms. The molecule has 0 unspecified atom stereocenters. The minimum atomic E-state index is -0.292. The molecule has 26 heavy (non-hydrogen) atoms. The van der Waals surface area contributed by atoms with Gasteiger partial charge in [0.2, 0.25) is 0 Å². The van der Waals surface area contributed by atoms with Crippen molar-refractivity contribution >= 4 is 23.9 Å². The Morgan fingerprint density at radius 2 is 2.12 bits per heavy atom. The first-order valence-electron chi connectivity index (χ1n) is 8.65. The van der Waals surface area contributed by atoms with Crippen molar-refractivity contribution < 1.29 is 4.39 Å². The van der Waals surface area contributed by atoms with E-state index in [1.807, 2.05) is 30.1 Å². The van der Waals surface area contributed by atoms with Crippen LogP contribution in [0.5, 0.6) is 0 Å². The van der Waals surface area contributed by atoms with Crippen molar-refractivity contribution in [3.63, 3.8) is 0 Å². The van der Waals surface area contributed by atoms with Crippen molar-refractivity contribution in [2.45, 2.75) is 33.7 Å². The van der Waals surface area contributed by atoms with Gasteiger partial charge in [0.25, 0.3) is 0 Å². The van der Waals surface area contributed by atoms with Crippen LogP contribution in [0.15, 0.2) is 52.7 Å². The molecule has 0 atom stereocenters. The lowest BCUT2D eigenvalue weighted by Crippen LogP contribution is -2.15. The number of hydrogen-bond acceptors (Lipinski definition) is 2. The normalized spacial score (nSPS) is 12.8. The number of aryl methyl sites for hydroxylation is 1. The second-order valence-corrected chi connectivity index (χ2v) is 6.39. The molecular formula is C21H25ClFN3. The zero-order chi connectivity index (χ0) is 19.1. The lowest BCUT2D eigenvalue weighted by atomic mass is 10.0. The molecule has 2 aromatic rings. The first-order chi connectivity index (χ1) is 12.5. The molecule has 0 saturated heterocycles. The van der Waals surface area contributed by atoms with E-state index in [0.717, 1.165) is 28.8 Å². The van der Waals surface area contributed by atoms with Gasteiger partial charge in [-0.1, -0.05) is 24.6 Å². The monoisotopic (exact) mass is 373 g/mol. The molecule has 3 nitrogen and oxygen atoms in total. The van der Waals surface area contributed by atoms with Crippen molar-refractivity contribution in [2.75, 3.05) is 12.5 Å². The summed E-state index contributed by atoms with van der Waals surface area (Å²) in [7, 11) is 1.77. The average molecular weight is 374 g/mol. The number of benzene rings is 1. The highest BCUT2D eigenvalue weighted by Crippen LogP contribution is 2.21. The Hall–Kier alpha value is -2.33. The highest BCUT2D eigenvalue weighted by atomic mass is 35.5. The molecule has 0 aliphatic heterocycles. The Kier molecular flexibility index (Phi) is 7.22. The van der Waals surface area contributed by atoms with Crippen molar-refractivity contribution in [2.24, 2.45) is 4.99 Å². The molecule has 138 valence electrons. The summed E-state index contributed by atoms with van der Waals surface area (Å²) in [6.07, 6.45) is 8.95. The summed E-state index contributed by atoms with van der Waals surface area (Å²) in [6, 6.07) is 6.44. The van der Waals surface area contributed by atoms with Gasteiger partial charge >= 0.3 is 0 Å². The average Bonchev–Trinajstić information content (AvgIpc) is 2.98. The number of halogens is 2. The molecule has 2 rings (SSSR count). The van der Waals surface area contributed by atoms with Crippen LogP contribution in [0.1, 0.15) is 37.1 Å². The Balaban J connectivity index is 2.30. The number of hydrogen-bond donors (Lipinski definition) is 1. The van der Waals surface area contributed by atoms with Gasteiger partial charge in [0.05, 0.1) is 12.2 Å². The number of aromatic nitrogens is 1.